The molecular weight excluding hydrogens is 256 g/mol. The first-order valence-corrected chi connectivity index (χ1v) is 7.08. The highest BCUT2D eigenvalue weighted by molar-refractivity contribution is 8.00. The van der Waals surface area contributed by atoms with Crippen molar-refractivity contribution in [3.8, 4) is 0 Å². The highest BCUT2D eigenvalue weighted by atomic mass is 32.2. The van der Waals surface area contributed by atoms with Gasteiger partial charge in [-0.15, -0.1) is 0 Å². The molecule has 0 spiro atoms. The number of hydrogen-bond acceptors (Lipinski definition) is 4. The molecule has 0 radical (unpaired) electrons. The highest BCUT2D eigenvalue weighted by Crippen LogP contribution is 2.42. The first kappa shape index (κ1) is 15.1. The van der Waals surface area contributed by atoms with Gasteiger partial charge in [-0.1, -0.05) is 6.42 Å². The van der Waals surface area contributed by atoms with E-state index in [0.717, 1.165) is 12.8 Å². The minimum atomic E-state index is -1.09. The quantitative estimate of drug-likeness (QED) is 0.636. The van der Waals surface area contributed by atoms with E-state index in [1.165, 1.54) is 13.5 Å². The molecule has 1 unspecified atom stereocenters. The molecule has 7 heteroatoms. The number of hydrogen-bond donors (Lipinski definition) is 3. The number of amides is 2. The second-order valence-electron chi connectivity index (χ2n) is 4.37. The number of carboxylic acids is 1. The van der Waals surface area contributed by atoms with Crippen molar-refractivity contribution in [1.82, 2.24) is 10.6 Å². The van der Waals surface area contributed by atoms with Crippen molar-refractivity contribution in [3.05, 3.63) is 0 Å². The molecule has 0 heterocycles. The topological polar surface area (TPSA) is 87.7 Å². The highest BCUT2D eigenvalue weighted by Gasteiger charge is 2.36. The molecule has 1 aliphatic rings. The van der Waals surface area contributed by atoms with E-state index in [1.807, 2.05) is 6.26 Å². The van der Waals surface area contributed by atoms with Gasteiger partial charge < -0.3 is 20.5 Å². The van der Waals surface area contributed by atoms with Gasteiger partial charge in [0.15, 0.2) is 6.10 Å². The molecule has 0 aromatic heterocycles. The number of thioether (sulfide) groups is 1. The molecule has 1 atom stereocenters. The molecule has 2 amide bonds. The van der Waals surface area contributed by atoms with E-state index in [1.54, 1.807) is 11.8 Å². The molecule has 1 saturated carbocycles. The Morgan fingerprint density at radius 2 is 2.11 bits per heavy atom. The summed E-state index contributed by atoms with van der Waals surface area (Å²) >= 11 is 1.77. The standard InChI is InChI=1S/C11H20N2O4S/c1-17-8(9(14)15)6-12-10(16)13-7-11(18-2)4-3-5-11/h8H,3-7H2,1-2H3,(H,14,15)(H2,12,13,16). The fourth-order valence-electron chi connectivity index (χ4n) is 1.78. The van der Waals surface area contributed by atoms with Crippen molar-refractivity contribution in [3.63, 3.8) is 0 Å². The van der Waals surface area contributed by atoms with E-state index in [9.17, 15) is 9.59 Å². The maximum Gasteiger partial charge on any atom is 0.334 e. The third-order valence-corrected chi connectivity index (χ3v) is 4.70. The number of nitrogens with one attached hydrogen (secondary N) is 2. The third-order valence-electron chi connectivity index (χ3n) is 3.28. The Hall–Kier alpha value is -0.950. The van der Waals surface area contributed by atoms with Gasteiger partial charge in [-0.2, -0.15) is 11.8 Å². The Kier molecular flexibility index (Phi) is 5.74. The van der Waals surface area contributed by atoms with Crippen LogP contribution >= 0.6 is 11.8 Å². The van der Waals surface area contributed by atoms with Crippen molar-refractivity contribution in [2.45, 2.75) is 30.1 Å². The van der Waals surface area contributed by atoms with Crippen LogP contribution < -0.4 is 10.6 Å². The second kappa shape index (κ2) is 6.84. The zero-order valence-corrected chi connectivity index (χ0v) is 11.5. The van der Waals surface area contributed by atoms with Crippen molar-refractivity contribution in [2.75, 3.05) is 26.5 Å². The molecule has 0 saturated heterocycles. The van der Waals surface area contributed by atoms with Crippen LogP contribution in [0.15, 0.2) is 0 Å². The number of aliphatic carboxylic acids is 1. The number of carbonyl (C=O) groups is 2. The summed E-state index contributed by atoms with van der Waals surface area (Å²) in [5.41, 5.74) is 0. The number of carboxylic acid groups (broad SMARTS) is 1. The molecule has 18 heavy (non-hydrogen) atoms. The molecule has 0 aliphatic heterocycles. The Morgan fingerprint density at radius 1 is 1.44 bits per heavy atom. The number of rotatable bonds is 7. The average molecular weight is 276 g/mol. The summed E-state index contributed by atoms with van der Waals surface area (Å²) < 4.78 is 4.89. The lowest BCUT2D eigenvalue weighted by atomic mass is 9.84. The minimum absolute atomic E-state index is 0.0378. The van der Waals surface area contributed by atoms with Crippen LogP contribution in [0.2, 0.25) is 0 Å². The lowest BCUT2D eigenvalue weighted by Gasteiger charge is -2.40. The molecule has 3 N–H and O–H groups in total. The summed E-state index contributed by atoms with van der Waals surface area (Å²) in [4.78, 5) is 22.2. The van der Waals surface area contributed by atoms with Gasteiger partial charge in [-0.25, -0.2) is 9.59 Å². The summed E-state index contributed by atoms with van der Waals surface area (Å²) in [5.74, 6) is -1.09. The van der Waals surface area contributed by atoms with Gasteiger partial charge in [0.25, 0.3) is 0 Å². The van der Waals surface area contributed by atoms with E-state index in [-0.39, 0.29) is 17.3 Å². The zero-order valence-electron chi connectivity index (χ0n) is 10.7. The summed E-state index contributed by atoms with van der Waals surface area (Å²) in [5, 5.41) is 14.0. The van der Waals surface area contributed by atoms with Crippen molar-refractivity contribution in [1.29, 1.82) is 0 Å². The Balaban J connectivity index is 2.23. The second-order valence-corrected chi connectivity index (χ2v) is 5.64. The fourth-order valence-corrected chi connectivity index (χ4v) is 2.70. The molecule has 1 aliphatic carbocycles. The number of carbonyl (C=O) groups excluding carboxylic acids is 1. The number of urea groups is 1. The van der Waals surface area contributed by atoms with Gasteiger partial charge in [0.1, 0.15) is 0 Å². The number of methoxy groups -OCH3 is 1. The van der Waals surface area contributed by atoms with Crippen LogP contribution in [0.1, 0.15) is 19.3 Å². The Bertz CT molecular complexity index is 302. The lowest BCUT2D eigenvalue weighted by molar-refractivity contribution is -0.147. The molecule has 0 aromatic carbocycles. The predicted octanol–water partition coefficient (Wildman–Crippen LogP) is 0.671. The van der Waals surface area contributed by atoms with Crippen LogP contribution in [0.25, 0.3) is 0 Å². The number of ether oxygens (including phenoxy) is 1. The maximum absolute atomic E-state index is 11.5. The summed E-state index contributed by atoms with van der Waals surface area (Å²) in [6.45, 7) is 0.578. The summed E-state index contributed by atoms with van der Waals surface area (Å²) in [7, 11) is 1.30. The van der Waals surface area contributed by atoms with Crippen molar-refractivity contribution < 1.29 is 19.4 Å². The predicted molar refractivity (Wildman–Crippen MR) is 69.9 cm³/mol. The average Bonchev–Trinajstić information content (AvgIpc) is 2.28. The normalized spacial score (nSPS) is 18.6. The Morgan fingerprint density at radius 3 is 2.50 bits per heavy atom. The largest absolute Gasteiger partial charge is 0.479 e. The minimum Gasteiger partial charge on any atom is -0.479 e. The fraction of sp³-hybridized carbons (Fsp3) is 0.818. The first-order chi connectivity index (χ1) is 8.53. The van der Waals surface area contributed by atoms with Crippen molar-refractivity contribution >= 4 is 23.8 Å². The molecule has 0 bridgehead atoms. The van der Waals surface area contributed by atoms with Gasteiger partial charge in [0, 0.05) is 18.4 Å². The van der Waals surface area contributed by atoms with Crippen LogP contribution in [-0.4, -0.2) is 54.4 Å². The molecule has 104 valence electrons. The van der Waals surface area contributed by atoms with Gasteiger partial charge in [-0.3, -0.25) is 0 Å². The zero-order chi connectivity index (χ0) is 13.6. The smallest absolute Gasteiger partial charge is 0.334 e. The third kappa shape index (κ3) is 4.06. The molecular formula is C11H20N2O4S. The van der Waals surface area contributed by atoms with Crippen LogP contribution in [0, 0.1) is 0 Å². The van der Waals surface area contributed by atoms with E-state index in [2.05, 4.69) is 10.6 Å². The first-order valence-electron chi connectivity index (χ1n) is 5.85. The van der Waals surface area contributed by atoms with Gasteiger partial charge in [-0.05, 0) is 19.1 Å². The maximum atomic E-state index is 11.5. The van der Waals surface area contributed by atoms with E-state index < -0.39 is 12.1 Å². The van der Waals surface area contributed by atoms with Gasteiger partial charge in [0.05, 0.1) is 6.54 Å². The monoisotopic (exact) mass is 276 g/mol. The van der Waals surface area contributed by atoms with E-state index in [4.69, 9.17) is 9.84 Å². The molecule has 0 aromatic rings. The van der Waals surface area contributed by atoms with E-state index >= 15 is 0 Å². The van der Waals surface area contributed by atoms with Crippen LogP contribution in [0.4, 0.5) is 4.79 Å². The van der Waals surface area contributed by atoms with Crippen LogP contribution in [-0.2, 0) is 9.53 Å². The van der Waals surface area contributed by atoms with Crippen LogP contribution in [0.5, 0.6) is 0 Å². The SMILES string of the molecule is COC(CNC(=O)NCC1(SC)CCC1)C(=O)O. The lowest BCUT2D eigenvalue weighted by Crippen LogP contribution is -2.49. The molecule has 6 nitrogen and oxygen atoms in total. The van der Waals surface area contributed by atoms with E-state index in [0.29, 0.717) is 6.54 Å². The van der Waals surface area contributed by atoms with Gasteiger partial charge >= 0.3 is 12.0 Å². The molecule has 1 fully saturated rings. The van der Waals surface area contributed by atoms with Crippen molar-refractivity contribution in [2.24, 2.45) is 0 Å². The Labute approximate surface area is 111 Å². The summed E-state index contributed by atoms with van der Waals surface area (Å²) in [6, 6.07) is -0.348. The molecule has 1 rings (SSSR count). The summed E-state index contributed by atoms with van der Waals surface area (Å²) in [6.07, 6.45) is 4.47. The van der Waals surface area contributed by atoms with Crippen LogP contribution in [0.3, 0.4) is 0 Å². The van der Waals surface area contributed by atoms with Gasteiger partial charge in [0.2, 0.25) is 0 Å².